The number of thiophene rings is 1. The van der Waals surface area contributed by atoms with Crippen molar-refractivity contribution in [1.29, 1.82) is 0 Å². The van der Waals surface area contributed by atoms with Gasteiger partial charge in [0.2, 0.25) is 0 Å². The maximum atomic E-state index is 13.0. The van der Waals surface area contributed by atoms with Crippen molar-refractivity contribution in [2.24, 2.45) is 0 Å². The van der Waals surface area contributed by atoms with Crippen LogP contribution in [0, 0.1) is 5.82 Å². The molecule has 0 radical (unpaired) electrons. The van der Waals surface area contributed by atoms with Crippen molar-refractivity contribution in [2.75, 3.05) is 0 Å². The van der Waals surface area contributed by atoms with Crippen molar-refractivity contribution in [1.82, 2.24) is 15.4 Å². The molecule has 0 aliphatic rings. The molecule has 0 atom stereocenters. The van der Waals surface area contributed by atoms with E-state index in [9.17, 15) is 18.8 Å². The number of carbonyl (C=O) groups excluding carboxylic acids is 2. The van der Waals surface area contributed by atoms with E-state index in [1.165, 1.54) is 40.3 Å². The first kappa shape index (κ1) is 17.6. The summed E-state index contributed by atoms with van der Waals surface area (Å²) in [6.45, 7) is -0.203. The summed E-state index contributed by atoms with van der Waals surface area (Å²) < 4.78 is 14.2. The molecule has 0 bridgehead atoms. The van der Waals surface area contributed by atoms with Crippen LogP contribution in [-0.2, 0) is 11.3 Å². The van der Waals surface area contributed by atoms with Gasteiger partial charge in [-0.15, -0.1) is 11.3 Å². The number of halogens is 1. The second kappa shape index (κ2) is 7.75. The number of carbonyl (C=O) groups is 2. The first-order valence-electron chi connectivity index (χ1n) is 7.63. The molecule has 2 heterocycles. The first-order valence-corrected chi connectivity index (χ1v) is 8.45. The zero-order chi connectivity index (χ0) is 18.5. The largest absolute Gasteiger partial charge is 0.306 e. The highest BCUT2D eigenvalue weighted by Crippen LogP contribution is 2.28. The molecule has 8 heteroatoms. The zero-order valence-corrected chi connectivity index (χ0v) is 14.3. The summed E-state index contributed by atoms with van der Waals surface area (Å²) in [5.41, 5.74) is 5.07. The van der Waals surface area contributed by atoms with Crippen molar-refractivity contribution < 1.29 is 14.0 Å². The predicted molar refractivity (Wildman–Crippen MR) is 96.0 cm³/mol. The third kappa shape index (κ3) is 4.22. The van der Waals surface area contributed by atoms with E-state index in [0.29, 0.717) is 4.88 Å². The van der Waals surface area contributed by atoms with Crippen molar-refractivity contribution in [3.05, 3.63) is 81.8 Å². The minimum Gasteiger partial charge on any atom is -0.306 e. The van der Waals surface area contributed by atoms with E-state index >= 15 is 0 Å². The summed E-state index contributed by atoms with van der Waals surface area (Å²) in [6.07, 6.45) is 1.48. The molecule has 2 aromatic heterocycles. The first-order chi connectivity index (χ1) is 12.5. The van der Waals surface area contributed by atoms with Gasteiger partial charge in [0.05, 0.1) is 4.88 Å². The summed E-state index contributed by atoms with van der Waals surface area (Å²) in [6, 6.07) is 13.9. The Morgan fingerprint density at radius 3 is 2.50 bits per heavy atom. The van der Waals surface area contributed by atoms with E-state index in [4.69, 9.17) is 0 Å². The fourth-order valence-electron chi connectivity index (χ4n) is 2.20. The van der Waals surface area contributed by atoms with E-state index < -0.39 is 11.8 Å². The average molecular weight is 371 g/mol. The number of hydrazine groups is 1. The number of hydrogen-bond donors (Lipinski definition) is 2. The fraction of sp³-hybridized carbons (Fsp3) is 0.0556. The Labute approximate surface area is 151 Å². The zero-order valence-electron chi connectivity index (χ0n) is 13.4. The molecule has 0 saturated heterocycles. The van der Waals surface area contributed by atoms with Crippen LogP contribution in [0.4, 0.5) is 4.39 Å². The van der Waals surface area contributed by atoms with E-state index in [-0.39, 0.29) is 17.9 Å². The Kier molecular flexibility index (Phi) is 5.23. The van der Waals surface area contributed by atoms with Crippen LogP contribution in [0.5, 0.6) is 0 Å². The van der Waals surface area contributed by atoms with Gasteiger partial charge in [-0.2, -0.15) is 0 Å². The molecule has 2 amide bonds. The van der Waals surface area contributed by atoms with E-state index in [1.54, 1.807) is 36.4 Å². The topological polar surface area (TPSA) is 80.2 Å². The standard InChI is InChI=1S/C18H14FN3O3S/c19-13-6-4-12(5-7-13)14-8-9-15(26-14)18(25)21-20-16(23)11-22-10-2-1-3-17(22)24/h1-10H,11H2,(H,20,23)(H,21,25). The number of aromatic nitrogens is 1. The highest BCUT2D eigenvalue weighted by Gasteiger charge is 2.12. The number of nitrogens with one attached hydrogen (secondary N) is 2. The van der Waals surface area contributed by atoms with Crippen LogP contribution in [0.1, 0.15) is 9.67 Å². The quantitative estimate of drug-likeness (QED) is 0.690. The summed E-state index contributed by atoms with van der Waals surface area (Å²) in [5, 5.41) is 0. The summed E-state index contributed by atoms with van der Waals surface area (Å²) >= 11 is 1.22. The number of pyridine rings is 1. The van der Waals surface area contributed by atoms with Crippen LogP contribution in [0.2, 0.25) is 0 Å². The lowest BCUT2D eigenvalue weighted by atomic mass is 10.2. The fourth-order valence-corrected chi connectivity index (χ4v) is 3.11. The van der Waals surface area contributed by atoms with Crippen molar-refractivity contribution >= 4 is 23.2 Å². The molecular formula is C18H14FN3O3S. The number of hydrogen-bond acceptors (Lipinski definition) is 4. The molecule has 0 aliphatic heterocycles. The van der Waals surface area contributed by atoms with Crippen LogP contribution in [0.3, 0.4) is 0 Å². The highest BCUT2D eigenvalue weighted by molar-refractivity contribution is 7.17. The molecule has 3 rings (SSSR count). The highest BCUT2D eigenvalue weighted by atomic mass is 32.1. The predicted octanol–water partition coefficient (Wildman–Crippen LogP) is 2.18. The second-order valence-electron chi connectivity index (χ2n) is 5.34. The monoisotopic (exact) mass is 371 g/mol. The summed E-state index contributed by atoms with van der Waals surface area (Å²) in [4.78, 5) is 36.7. The van der Waals surface area contributed by atoms with Gasteiger partial charge < -0.3 is 4.57 Å². The Bertz CT molecular complexity index is 995. The van der Waals surface area contributed by atoms with Crippen molar-refractivity contribution in [3.63, 3.8) is 0 Å². The second-order valence-corrected chi connectivity index (χ2v) is 6.42. The van der Waals surface area contributed by atoms with Gasteiger partial charge >= 0.3 is 0 Å². The lowest BCUT2D eigenvalue weighted by Gasteiger charge is -2.07. The van der Waals surface area contributed by atoms with Crippen LogP contribution < -0.4 is 16.4 Å². The number of nitrogens with zero attached hydrogens (tertiary/aromatic N) is 1. The Morgan fingerprint density at radius 1 is 1.00 bits per heavy atom. The summed E-state index contributed by atoms with van der Waals surface area (Å²) in [5.74, 6) is -1.33. The SMILES string of the molecule is O=C(Cn1ccccc1=O)NNC(=O)c1ccc(-c2ccc(F)cc2)s1. The molecule has 0 spiro atoms. The third-order valence-electron chi connectivity index (χ3n) is 3.49. The lowest BCUT2D eigenvalue weighted by Crippen LogP contribution is -2.43. The third-order valence-corrected chi connectivity index (χ3v) is 4.62. The average Bonchev–Trinajstić information content (AvgIpc) is 3.12. The Morgan fingerprint density at radius 2 is 1.77 bits per heavy atom. The molecule has 3 aromatic rings. The van der Waals surface area contributed by atoms with Gasteiger partial charge in [0.25, 0.3) is 17.4 Å². The van der Waals surface area contributed by atoms with Crippen LogP contribution in [-0.4, -0.2) is 16.4 Å². The van der Waals surface area contributed by atoms with Crippen LogP contribution >= 0.6 is 11.3 Å². The van der Waals surface area contributed by atoms with Crippen LogP contribution in [0.25, 0.3) is 10.4 Å². The maximum Gasteiger partial charge on any atom is 0.279 e. The molecule has 2 N–H and O–H groups in total. The number of benzene rings is 1. The molecule has 6 nitrogen and oxygen atoms in total. The lowest BCUT2D eigenvalue weighted by molar-refractivity contribution is -0.122. The molecular weight excluding hydrogens is 357 g/mol. The van der Waals surface area contributed by atoms with Gasteiger partial charge in [-0.3, -0.25) is 25.2 Å². The van der Waals surface area contributed by atoms with Crippen molar-refractivity contribution in [3.8, 4) is 10.4 Å². The van der Waals surface area contributed by atoms with E-state index in [1.807, 2.05) is 0 Å². The van der Waals surface area contributed by atoms with Gasteiger partial charge in [0, 0.05) is 17.1 Å². The molecule has 132 valence electrons. The minimum atomic E-state index is -0.526. The Balaban J connectivity index is 1.58. The Hall–Kier alpha value is -3.26. The van der Waals surface area contributed by atoms with Crippen molar-refractivity contribution in [2.45, 2.75) is 6.54 Å². The van der Waals surface area contributed by atoms with Gasteiger partial charge in [-0.25, -0.2) is 4.39 Å². The molecule has 0 aliphatic carbocycles. The molecule has 0 unspecified atom stereocenters. The summed E-state index contributed by atoms with van der Waals surface area (Å²) in [7, 11) is 0. The number of amides is 2. The van der Waals surface area contributed by atoms with Gasteiger partial charge in [-0.05, 0) is 35.9 Å². The van der Waals surface area contributed by atoms with Gasteiger partial charge in [0.1, 0.15) is 12.4 Å². The molecule has 0 fully saturated rings. The van der Waals surface area contributed by atoms with E-state index in [2.05, 4.69) is 10.9 Å². The maximum absolute atomic E-state index is 13.0. The smallest absolute Gasteiger partial charge is 0.279 e. The molecule has 1 aromatic carbocycles. The van der Waals surface area contributed by atoms with Gasteiger partial charge in [-0.1, -0.05) is 18.2 Å². The van der Waals surface area contributed by atoms with E-state index in [0.717, 1.165) is 10.4 Å². The normalized spacial score (nSPS) is 10.3. The van der Waals surface area contributed by atoms with Crippen LogP contribution in [0.15, 0.2) is 65.6 Å². The number of rotatable bonds is 4. The minimum absolute atomic E-state index is 0.203. The molecule has 26 heavy (non-hydrogen) atoms. The molecule has 0 saturated carbocycles. The van der Waals surface area contributed by atoms with Gasteiger partial charge in [0.15, 0.2) is 0 Å².